The van der Waals surface area contributed by atoms with E-state index in [0.29, 0.717) is 25.7 Å². The number of hydrogen-bond donors (Lipinski definition) is 3. The molecule has 3 unspecified atom stereocenters. The first-order chi connectivity index (χ1) is 42.8. The number of phosphoric acid groups is 2. The topological polar surface area (TPSA) is 237 Å². The summed E-state index contributed by atoms with van der Waals surface area (Å²) >= 11 is 0. The van der Waals surface area contributed by atoms with Gasteiger partial charge in [0.15, 0.2) is 12.2 Å². The molecule has 0 aliphatic rings. The molecule has 3 N–H and O–H groups in total. The van der Waals surface area contributed by atoms with Crippen LogP contribution in [0.2, 0.25) is 0 Å². The van der Waals surface area contributed by atoms with Crippen LogP contribution in [0.3, 0.4) is 0 Å². The Bertz CT molecular complexity index is 1750. The van der Waals surface area contributed by atoms with E-state index in [9.17, 15) is 43.2 Å². The number of aliphatic hydroxyl groups is 1. The molecule has 0 radical (unpaired) electrons. The van der Waals surface area contributed by atoms with Gasteiger partial charge in [0.05, 0.1) is 26.4 Å². The average Bonchev–Trinajstić information content (AvgIpc) is 3.58. The van der Waals surface area contributed by atoms with Crippen LogP contribution in [-0.4, -0.2) is 96.7 Å². The van der Waals surface area contributed by atoms with Gasteiger partial charge in [0, 0.05) is 25.7 Å². The number of carbonyl (C=O) groups is 4. The molecule has 0 bridgehead atoms. The molecule has 0 saturated carbocycles. The monoisotopic (exact) mass is 1310 g/mol. The van der Waals surface area contributed by atoms with Crippen molar-refractivity contribution in [2.24, 2.45) is 17.8 Å². The van der Waals surface area contributed by atoms with E-state index in [1.54, 1.807) is 0 Å². The maximum atomic E-state index is 13.0. The molecule has 89 heavy (non-hydrogen) atoms. The Morgan fingerprint density at radius 1 is 0.326 bits per heavy atom. The number of aliphatic hydroxyl groups excluding tert-OH is 1. The second-order valence-corrected chi connectivity index (χ2v) is 29.4. The second-order valence-electron chi connectivity index (χ2n) is 26.5. The second kappa shape index (κ2) is 61.0. The summed E-state index contributed by atoms with van der Waals surface area (Å²) in [7, 11) is -9.90. The molecule has 0 aromatic carbocycles. The molecule has 0 rings (SSSR count). The zero-order valence-corrected chi connectivity index (χ0v) is 59.7. The minimum Gasteiger partial charge on any atom is -0.462 e. The normalized spacial score (nSPS) is 14.5. The van der Waals surface area contributed by atoms with Gasteiger partial charge in [-0.15, -0.1) is 0 Å². The van der Waals surface area contributed by atoms with Gasteiger partial charge in [-0.25, -0.2) is 9.13 Å². The van der Waals surface area contributed by atoms with Crippen molar-refractivity contribution in [3.05, 3.63) is 0 Å². The van der Waals surface area contributed by atoms with Crippen LogP contribution >= 0.6 is 15.6 Å². The Morgan fingerprint density at radius 2 is 0.573 bits per heavy atom. The fraction of sp³-hybridized carbons (Fsp3) is 0.943. The Morgan fingerprint density at radius 3 is 0.854 bits per heavy atom. The lowest BCUT2D eigenvalue weighted by atomic mass is 9.99. The fourth-order valence-electron chi connectivity index (χ4n) is 10.5. The van der Waals surface area contributed by atoms with Gasteiger partial charge in [-0.2, -0.15) is 0 Å². The third-order valence-electron chi connectivity index (χ3n) is 16.5. The molecule has 17 nitrogen and oxygen atoms in total. The first kappa shape index (κ1) is 87.1. The summed E-state index contributed by atoms with van der Waals surface area (Å²) in [5.41, 5.74) is 0. The summed E-state index contributed by atoms with van der Waals surface area (Å²) in [5.74, 6) is 0.173. The van der Waals surface area contributed by atoms with Gasteiger partial charge in [-0.1, -0.05) is 299 Å². The van der Waals surface area contributed by atoms with Crippen LogP contribution in [-0.2, 0) is 65.4 Å². The molecule has 0 spiro atoms. The number of unbranched alkanes of at least 4 members (excludes halogenated alkanes) is 35. The third kappa shape index (κ3) is 63.2. The zero-order valence-electron chi connectivity index (χ0n) is 57.9. The Balaban J connectivity index is 5.18. The minimum atomic E-state index is -4.95. The van der Waals surface area contributed by atoms with Crippen LogP contribution in [0.15, 0.2) is 0 Å². The van der Waals surface area contributed by atoms with E-state index in [1.807, 2.05) is 0 Å². The van der Waals surface area contributed by atoms with Crippen molar-refractivity contribution < 1.29 is 80.2 Å². The predicted molar refractivity (Wildman–Crippen MR) is 358 cm³/mol. The van der Waals surface area contributed by atoms with Crippen LogP contribution < -0.4 is 0 Å². The van der Waals surface area contributed by atoms with Gasteiger partial charge in [0.2, 0.25) is 0 Å². The van der Waals surface area contributed by atoms with Crippen LogP contribution in [0, 0.1) is 17.8 Å². The van der Waals surface area contributed by atoms with Crippen molar-refractivity contribution in [1.29, 1.82) is 0 Å². The fourth-order valence-corrected chi connectivity index (χ4v) is 12.1. The van der Waals surface area contributed by atoms with E-state index in [-0.39, 0.29) is 25.7 Å². The van der Waals surface area contributed by atoms with Crippen LogP contribution in [0.25, 0.3) is 0 Å². The minimum absolute atomic E-state index is 0.104. The predicted octanol–water partition coefficient (Wildman–Crippen LogP) is 19.8. The molecule has 0 amide bonds. The molecule has 0 aromatic rings. The molecule has 0 fully saturated rings. The number of esters is 4. The van der Waals surface area contributed by atoms with Gasteiger partial charge in [-0.05, 0) is 43.4 Å². The smallest absolute Gasteiger partial charge is 0.462 e. The molecule has 528 valence electrons. The Hall–Kier alpha value is -1.94. The van der Waals surface area contributed by atoms with Gasteiger partial charge in [-0.3, -0.25) is 37.3 Å². The summed E-state index contributed by atoms with van der Waals surface area (Å²) < 4.78 is 68.2. The zero-order chi connectivity index (χ0) is 65.9. The number of hydrogen-bond acceptors (Lipinski definition) is 15. The lowest BCUT2D eigenvalue weighted by molar-refractivity contribution is -0.161. The summed E-state index contributed by atoms with van der Waals surface area (Å²) in [6.45, 7) is 11.8. The van der Waals surface area contributed by atoms with Crippen molar-refractivity contribution in [3.63, 3.8) is 0 Å². The van der Waals surface area contributed by atoms with Crippen LogP contribution in [0.4, 0.5) is 0 Å². The van der Waals surface area contributed by atoms with Crippen LogP contribution in [0.1, 0.15) is 350 Å². The maximum absolute atomic E-state index is 13.0. The van der Waals surface area contributed by atoms with E-state index in [4.69, 9.17) is 37.0 Å². The molecule has 6 atom stereocenters. The molecular formula is C70H136O17P2. The molecule has 0 heterocycles. The molecular weight excluding hydrogens is 1170 g/mol. The average molecular weight is 1310 g/mol. The molecule has 0 aliphatic heterocycles. The van der Waals surface area contributed by atoms with Gasteiger partial charge >= 0.3 is 39.5 Å². The van der Waals surface area contributed by atoms with Gasteiger partial charge in [0.25, 0.3) is 0 Å². The quantitative estimate of drug-likeness (QED) is 0.0222. The summed E-state index contributed by atoms with van der Waals surface area (Å²) in [6, 6.07) is 0. The van der Waals surface area contributed by atoms with Crippen molar-refractivity contribution >= 4 is 39.5 Å². The van der Waals surface area contributed by atoms with E-state index in [1.165, 1.54) is 148 Å². The van der Waals surface area contributed by atoms with E-state index in [0.717, 1.165) is 120 Å². The number of phosphoric ester groups is 2. The summed E-state index contributed by atoms with van der Waals surface area (Å²) in [4.78, 5) is 72.4. The van der Waals surface area contributed by atoms with E-state index >= 15 is 0 Å². The van der Waals surface area contributed by atoms with Gasteiger partial charge < -0.3 is 33.8 Å². The molecule has 19 heteroatoms. The number of ether oxygens (including phenoxy) is 4. The summed E-state index contributed by atoms with van der Waals surface area (Å²) in [6.07, 6.45) is 44.6. The van der Waals surface area contributed by atoms with Crippen molar-refractivity contribution in [2.45, 2.75) is 369 Å². The first-order valence-corrected chi connectivity index (χ1v) is 39.4. The van der Waals surface area contributed by atoms with Gasteiger partial charge in [0.1, 0.15) is 19.3 Å². The van der Waals surface area contributed by atoms with Crippen molar-refractivity contribution in [3.8, 4) is 0 Å². The lowest BCUT2D eigenvalue weighted by Gasteiger charge is -2.21. The van der Waals surface area contributed by atoms with E-state index in [2.05, 4.69) is 48.5 Å². The van der Waals surface area contributed by atoms with Crippen molar-refractivity contribution in [1.82, 2.24) is 0 Å². The maximum Gasteiger partial charge on any atom is 0.472 e. The highest BCUT2D eigenvalue weighted by Crippen LogP contribution is 2.45. The highest BCUT2D eigenvalue weighted by molar-refractivity contribution is 7.47. The first-order valence-electron chi connectivity index (χ1n) is 36.4. The van der Waals surface area contributed by atoms with E-state index < -0.39 is 97.5 Å². The largest absolute Gasteiger partial charge is 0.472 e. The Labute approximate surface area is 543 Å². The number of carbonyl (C=O) groups excluding carboxylic acids is 4. The van der Waals surface area contributed by atoms with Crippen LogP contribution in [0.5, 0.6) is 0 Å². The highest BCUT2D eigenvalue weighted by atomic mass is 31.2. The lowest BCUT2D eigenvalue weighted by Crippen LogP contribution is -2.30. The third-order valence-corrected chi connectivity index (χ3v) is 18.4. The molecule has 0 saturated heterocycles. The molecule has 0 aromatic heterocycles. The number of rotatable bonds is 68. The Kier molecular flexibility index (Phi) is 59.6. The van der Waals surface area contributed by atoms with Crippen molar-refractivity contribution in [2.75, 3.05) is 39.6 Å². The molecule has 0 aliphatic carbocycles. The standard InChI is InChI=1S/C70H136O17P2/c1-8-10-11-12-27-37-44-51-67(72)80-57-65(87-70(75)54-47-40-33-25-23-29-35-42-49-62(5)6)59-84-88(76,77)82-55-64(71)56-83-89(78,79)85-60-66(58-81-68(73)52-45-38-31-26-24-30-36-43-50-63(7)9-2)86-69(74)53-46-39-32-22-20-18-16-14-13-15-17-19-21-28-34-41-48-61(3)4/h61-66,71H,8-60H2,1-7H3,(H,76,77)(H,78,79)/t63?,64-,65+,66+/m0/s1. The summed E-state index contributed by atoms with van der Waals surface area (Å²) in [5, 5.41) is 10.6. The highest BCUT2D eigenvalue weighted by Gasteiger charge is 2.30. The SMILES string of the molecule is CCCCCCCCCC(=O)OC[C@H](COP(=O)(O)OC[C@H](O)COP(=O)(O)OC[C@@H](COC(=O)CCCCCCCCCCC(C)CC)OC(=O)CCCCCCCCCCCCCCCCCCC(C)C)OC(=O)CCCCCCCCCCC(C)C.